The Kier molecular flexibility index (Phi) is 7.96. The molecule has 0 aliphatic carbocycles. The van der Waals surface area contributed by atoms with Crippen molar-refractivity contribution in [3.8, 4) is 23.0 Å². The molecule has 0 unspecified atom stereocenters. The first-order valence-corrected chi connectivity index (χ1v) is 14.7. The molecule has 2 aliphatic heterocycles. The van der Waals surface area contributed by atoms with E-state index in [0.717, 1.165) is 11.1 Å². The molecule has 1 aromatic heterocycles. The number of ether oxygens (including phenoxy) is 5. The highest BCUT2D eigenvalue weighted by Crippen LogP contribution is 2.38. The van der Waals surface area contributed by atoms with Gasteiger partial charge in [0.15, 0.2) is 27.8 Å². The summed E-state index contributed by atoms with van der Waals surface area (Å²) in [5.74, 6) is 1.70. The third-order valence-electron chi connectivity index (χ3n) is 7.02. The van der Waals surface area contributed by atoms with Gasteiger partial charge in [-0.15, -0.1) is 0 Å². The van der Waals surface area contributed by atoms with Crippen LogP contribution in [0.5, 0.6) is 23.0 Å². The highest BCUT2D eigenvalue weighted by molar-refractivity contribution is 7.07. The van der Waals surface area contributed by atoms with Gasteiger partial charge >= 0.3 is 5.97 Å². The second-order valence-corrected chi connectivity index (χ2v) is 11.2. The van der Waals surface area contributed by atoms with Crippen molar-refractivity contribution >= 4 is 35.0 Å². The van der Waals surface area contributed by atoms with Crippen molar-refractivity contribution < 1.29 is 28.5 Å². The van der Waals surface area contributed by atoms with Crippen molar-refractivity contribution in [3.05, 3.63) is 113 Å². The molecule has 1 atom stereocenters. The number of carbonyl (C=O) groups excluding carboxylic acids is 1. The second-order valence-electron chi connectivity index (χ2n) is 9.74. The van der Waals surface area contributed by atoms with Crippen molar-refractivity contribution in [3.63, 3.8) is 0 Å². The minimum absolute atomic E-state index is 0.107. The molecule has 2 aliphatic rings. The van der Waals surface area contributed by atoms with Gasteiger partial charge in [-0.1, -0.05) is 47.2 Å². The fourth-order valence-corrected chi connectivity index (χ4v) is 6.15. The summed E-state index contributed by atoms with van der Waals surface area (Å²) in [6, 6.07) is 17.5. The average molecular weight is 619 g/mol. The van der Waals surface area contributed by atoms with Gasteiger partial charge in [0.1, 0.15) is 6.61 Å². The Hall–Kier alpha value is -4.54. The zero-order valence-corrected chi connectivity index (χ0v) is 25.2. The number of allylic oxidation sites excluding steroid dienone is 1. The SMILES string of the molecule is CCOC(=O)C1=C(C)N=c2s/c(=C\c3ccc(OCc4ccc(Cl)cc4)c(OC)c3)c(=O)n2[C@@H]1c1ccc2c(c1)OCO2. The van der Waals surface area contributed by atoms with Crippen molar-refractivity contribution in [1.29, 1.82) is 0 Å². The Bertz CT molecular complexity index is 1930. The van der Waals surface area contributed by atoms with E-state index < -0.39 is 12.0 Å². The van der Waals surface area contributed by atoms with E-state index in [1.54, 1.807) is 51.3 Å². The van der Waals surface area contributed by atoms with Gasteiger partial charge in [-0.2, -0.15) is 0 Å². The van der Waals surface area contributed by atoms with Crippen molar-refractivity contribution in [1.82, 2.24) is 4.57 Å². The molecule has 6 rings (SSSR count). The summed E-state index contributed by atoms with van der Waals surface area (Å²) in [4.78, 5) is 32.2. The number of carbonyl (C=O) groups is 1. The molecular formula is C32H27ClN2O7S. The lowest BCUT2D eigenvalue weighted by Crippen LogP contribution is -2.39. The van der Waals surface area contributed by atoms with Crippen LogP contribution in [0.25, 0.3) is 6.08 Å². The predicted molar refractivity (Wildman–Crippen MR) is 162 cm³/mol. The molecule has 4 aromatic rings. The molecule has 0 radical (unpaired) electrons. The molecule has 0 amide bonds. The van der Waals surface area contributed by atoms with Crippen LogP contribution in [0.4, 0.5) is 0 Å². The fourth-order valence-electron chi connectivity index (χ4n) is 4.98. The van der Waals surface area contributed by atoms with Gasteiger partial charge in [0, 0.05) is 5.02 Å². The van der Waals surface area contributed by atoms with Gasteiger partial charge < -0.3 is 23.7 Å². The number of hydrogen-bond acceptors (Lipinski definition) is 9. The molecule has 11 heteroatoms. The molecule has 3 aromatic carbocycles. The van der Waals surface area contributed by atoms with Gasteiger partial charge in [0.25, 0.3) is 5.56 Å². The van der Waals surface area contributed by atoms with Crippen LogP contribution >= 0.6 is 22.9 Å². The lowest BCUT2D eigenvalue weighted by Gasteiger charge is -2.24. The summed E-state index contributed by atoms with van der Waals surface area (Å²) >= 11 is 7.22. The molecule has 43 heavy (non-hydrogen) atoms. The van der Waals surface area contributed by atoms with E-state index in [0.29, 0.717) is 60.8 Å². The van der Waals surface area contributed by atoms with E-state index in [1.165, 1.54) is 15.9 Å². The van der Waals surface area contributed by atoms with Gasteiger partial charge in [-0.25, -0.2) is 9.79 Å². The summed E-state index contributed by atoms with van der Waals surface area (Å²) in [7, 11) is 1.56. The molecule has 0 fully saturated rings. The van der Waals surface area contributed by atoms with Gasteiger partial charge in [-0.05, 0) is 73.0 Å². The van der Waals surface area contributed by atoms with E-state index >= 15 is 0 Å². The molecule has 9 nitrogen and oxygen atoms in total. The van der Waals surface area contributed by atoms with Crippen molar-refractivity contribution in [2.24, 2.45) is 4.99 Å². The topological polar surface area (TPSA) is 97.6 Å². The number of thiazole rings is 1. The van der Waals surface area contributed by atoms with Crippen molar-refractivity contribution in [2.45, 2.75) is 26.5 Å². The first-order valence-electron chi connectivity index (χ1n) is 13.5. The van der Waals surface area contributed by atoms with Crippen LogP contribution in [0.1, 0.15) is 36.6 Å². The van der Waals surface area contributed by atoms with Crippen LogP contribution < -0.4 is 33.8 Å². The third-order valence-corrected chi connectivity index (χ3v) is 8.26. The van der Waals surface area contributed by atoms with Crippen LogP contribution in [-0.2, 0) is 16.1 Å². The van der Waals surface area contributed by atoms with Gasteiger partial charge in [0.05, 0.1) is 35.6 Å². The Morgan fingerprint density at radius 1 is 1.09 bits per heavy atom. The van der Waals surface area contributed by atoms with Gasteiger partial charge in [-0.3, -0.25) is 9.36 Å². The first kappa shape index (κ1) is 28.6. The Morgan fingerprint density at radius 2 is 1.88 bits per heavy atom. The molecule has 0 N–H and O–H groups in total. The summed E-state index contributed by atoms with van der Waals surface area (Å²) in [6.07, 6.45) is 1.77. The summed E-state index contributed by atoms with van der Waals surface area (Å²) < 4.78 is 30.0. The highest BCUT2D eigenvalue weighted by Gasteiger charge is 2.34. The quantitative estimate of drug-likeness (QED) is 0.263. The summed E-state index contributed by atoms with van der Waals surface area (Å²) in [5, 5.41) is 0.658. The summed E-state index contributed by atoms with van der Waals surface area (Å²) in [6.45, 7) is 4.12. The minimum Gasteiger partial charge on any atom is -0.493 e. The Labute approximate surface area is 255 Å². The number of methoxy groups -OCH3 is 1. The molecule has 0 bridgehead atoms. The third kappa shape index (κ3) is 5.63. The monoisotopic (exact) mass is 618 g/mol. The maximum Gasteiger partial charge on any atom is 0.338 e. The standard InChI is InChI=1S/C32H27ClN2O7S/c1-4-39-31(37)28-18(2)34-32-35(29(28)21-8-12-24-26(15-21)42-17-41-24)30(36)27(43-32)14-20-7-11-23(25(13-20)38-3)40-16-19-5-9-22(33)10-6-19/h5-15,29H,4,16-17H2,1-3H3/b27-14-/t29-/m1/s1. The lowest BCUT2D eigenvalue weighted by atomic mass is 9.95. The predicted octanol–water partition coefficient (Wildman–Crippen LogP) is 4.77. The number of fused-ring (bicyclic) bond motifs is 2. The maximum absolute atomic E-state index is 14.0. The highest BCUT2D eigenvalue weighted by atomic mass is 35.5. The zero-order valence-electron chi connectivity index (χ0n) is 23.6. The lowest BCUT2D eigenvalue weighted by molar-refractivity contribution is -0.139. The van der Waals surface area contributed by atoms with Crippen molar-refractivity contribution in [2.75, 3.05) is 20.5 Å². The summed E-state index contributed by atoms with van der Waals surface area (Å²) in [5.41, 5.74) is 2.87. The number of hydrogen-bond donors (Lipinski definition) is 0. The number of rotatable bonds is 8. The number of nitrogens with zero attached hydrogens (tertiary/aromatic N) is 2. The van der Waals surface area contributed by atoms with Gasteiger partial charge in [0.2, 0.25) is 6.79 Å². The number of benzene rings is 3. The number of esters is 1. The Morgan fingerprint density at radius 3 is 2.65 bits per heavy atom. The molecule has 0 saturated heterocycles. The van der Waals surface area contributed by atoms with E-state index in [9.17, 15) is 9.59 Å². The minimum atomic E-state index is -0.759. The Balaban J connectivity index is 1.39. The normalized spacial score (nSPS) is 15.6. The molecule has 220 valence electrons. The van der Waals surface area contributed by atoms with Crippen LogP contribution in [0.2, 0.25) is 5.02 Å². The molecular weight excluding hydrogens is 592 g/mol. The van der Waals surface area contributed by atoms with Crippen LogP contribution in [-0.4, -0.2) is 31.0 Å². The fraction of sp³-hybridized carbons (Fsp3) is 0.219. The molecule has 3 heterocycles. The van der Waals surface area contributed by atoms with Crippen LogP contribution in [0.15, 0.2) is 81.7 Å². The molecule has 0 saturated carbocycles. The average Bonchev–Trinajstić information content (AvgIpc) is 3.60. The second kappa shape index (κ2) is 12.0. The zero-order chi connectivity index (χ0) is 30.1. The van der Waals surface area contributed by atoms with E-state index in [4.69, 9.17) is 35.3 Å². The maximum atomic E-state index is 14.0. The number of halogens is 1. The van der Waals surface area contributed by atoms with E-state index in [2.05, 4.69) is 4.99 Å². The smallest absolute Gasteiger partial charge is 0.338 e. The number of aromatic nitrogens is 1. The first-order chi connectivity index (χ1) is 20.9. The van der Waals surface area contributed by atoms with E-state index in [1.807, 2.05) is 36.4 Å². The van der Waals surface area contributed by atoms with Crippen LogP contribution in [0, 0.1) is 0 Å². The van der Waals surface area contributed by atoms with Crippen LogP contribution in [0.3, 0.4) is 0 Å². The van der Waals surface area contributed by atoms with E-state index in [-0.39, 0.29) is 19.0 Å². The largest absolute Gasteiger partial charge is 0.493 e. The molecule has 0 spiro atoms.